The van der Waals surface area contributed by atoms with E-state index in [1.54, 1.807) is 0 Å². The molecule has 92 valence electrons. The van der Waals surface area contributed by atoms with Crippen LogP contribution in [0.4, 0.5) is 19.0 Å². The van der Waals surface area contributed by atoms with Gasteiger partial charge in [0, 0.05) is 19.3 Å². The molecule has 0 bridgehead atoms. The molecule has 0 unspecified atom stereocenters. The zero-order chi connectivity index (χ0) is 12.5. The van der Waals surface area contributed by atoms with Crippen molar-refractivity contribution in [3.8, 4) is 0 Å². The van der Waals surface area contributed by atoms with Crippen molar-refractivity contribution in [2.45, 2.75) is 12.6 Å². The summed E-state index contributed by atoms with van der Waals surface area (Å²) in [6.45, 7) is 1.45. The monoisotopic (exact) mass is 306 g/mol. The number of hydrogen-bond donors (Lipinski definition) is 0. The van der Waals surface area contributed by atoms with Gasteiger partial charge < -0.3 is 4.90 Å². The summed E-state index contributed by atoms with van der Waals surface area (Å²) in [6, 6.07) is 1.07. The minimum absolute atomic E-state index is 0.377. The Kier molecular flexibility index (Phi) is 3.42. The molecule has 0 saturated heterocycles. The zero-order valence-corrected chi connectivity index (χ0v) is 10.4. The molecule has 1 aromatic rings. The molecule has 2 heterocycles. The van der Waals surface area contributed by atoms with Crippen LogP contribution in [0, 0.1) is 0 Å². The first-order valence-electron chi connectivity index (χ1n) is 5.11. The Morgan fingerprint density at radius 1 is 1.29 bits per heavy atom. The highest BCUT2D eigenvalue weighted by Gasteiger charge is 2.31. The van der Waals surface area contributed by atoms with Crippen molar-refractivity contribution in [2.75, 3.05) is 18.0 Å². The predicted octanol–water partition coefficient (Wildman–Crippen LogP) is 3.63. The van der Waals surface area contributed by atoms with Crippen LogP contribution in [0.25, 0.3) is 0 Å². The lowest BCUT2D eigenvalue weighted by atomic mass is 10.2. The number of pyridine rings is 1. The second-order valence-electron chi connectivity index (χ2n) is 3.73. The van der Waals surface area contributed by atoms with Gasteiger partial charge in [0.1, 0.15) is 5.82 Å². The van der Waals surface area contributed by atoms with E-state index in [2.05, 4.69) is 27.0 Å². The van der Waals surface area contributed by atoms with Crippen molar-refractivity contribution in [1.82, 2.24) is 4.98 Å². The molecule has 0 spiro atoms. The molecular formula is C11H10BrF3N2. The van der Waals surface area contributed by atoms with Crippen LogP contribution in [0.2, 0.25) is 0 Å². The maximum atomic E-state index is 12.5. The Morgan fingerprint density at radius 3 is 2.59 bits per heavy atom. The van der Waals surface area contributed by atoms with Crippen LogP contribution in [-0.4, -0.2) is 18.1 Å². The predicted molar refractivity (Wildman–Crippen MR) is 62.9 cm³/mol. The molecule has 0 atom stereocenters. The van der Waals surface area contributed by atoms with Gasteiger partial charge in [-0.3, -0.25) is 0 Å². The van der Waals surface area contributed by atoms with Crippen molar-refractivity contribution in [2.24, 2.45) is 0 Å². The lowest BCUT2D eigenvalue weighted by Crippen LogP contribution is -2.28. The van der Waals surface area contributed by atoms with Gasteiger partial charge in [0.2, 0.25) is 0 Å². The molecular weight excluding hydrogens is 297 g/mol. The molecule has 0 N–H and O–H groups in total. The van der Waals surface area contributed by atoms with Gasteiger partial charge in [-0.1, -0.05) is 12.2 Å². The van der Waals surface area contributed by atoms with Gasteiger partial charge in [-0.2, -0.15) is 13.2 Å². The van der Waals surface area contributed by atoms with E-state index in [1.165, 1.54) is 0 Å². The highest BCUT2D eigenvalue weighted by molar-refractivity contribution is 9.10. The average molecular weight is 307 g/mol. The van der Waals surface area contributed by atoms with Gasteiger partial charge in [-0.15, -0.1) is 0 Å². The van der Waals surface area contributed by atoms with Gasteiger partial charge >= 0.3 is 6.18 Å². The molecule has 2 rings (SSSR count). The lowest BCUT2D eigenvalue weighted by Gasteiger charge is -2.25. The third-order valence-electron chi connectivity index (χ3n) is 2.51. The summed E-state index contributed by atoms with van der Waals surface area (Å²) in [4.78, 5) is 5.83. The third-order valence-corrected chi connectivity index (χ3v) is 3.09. The summed E-state index contributed by atoms with van der Waals surface area (Å²) in [7, 11) is 0. The molecule has 1 aliphatic rings. The van der Waals surface area contributed by atoms with Crippen LogP contribution in [-0.2, 0) is 6.18 Å². The van der Waals surface area contributed by atoms with E-state index < -0.39 is 11.7 Å². The maximum Gasteiger partial charge on any atom is 0.417 e. The average Bonchev–Trinajstić information content (AvgIpc) is 2.29. The summed E-state index contributed by atoms with van der Waals surface area (Å²) in [5.74, 6) is 0.558. The van der Waals surface area contributed by atoms with Crippen molar-refractivity contribution >= 4 is 21.7 Å². The number of nitrogens with zero attached hydrogens (tertiary/aromatic N) is 2. The first-order chi connectivity index (χ1) is 7.98. The van der Waals surface area contributed by atoms with Gasteiger partial charge in [0.05, 0.1) is 10.0 Å². The quantitative estimate of drug-likeness (QED) is 0.737. The first-order valence-corrected chi connectivity index (χ1v) is 5.90. The molecule has 17 heavy (non-hydrogen) atoms. The van der Waals surface area contributed by atoms with E-state index in [0.717, 1.165) is 25.2 Å². The fraction of sp³-hybridized carbons (Fsp3) is 0.364. The fourth-order valence-electron chi connectivity index (χ4n) is 1.65. The number of halogens is 4. The van der Waals surface area contributed by atoms with Crippen LogP contribution in [0.5, 0.6) is 0 Å². The van der Waals surface area contributed by atoms with Crippen LogP contribution in [0.3, 0.4) is 0 Å². The Labute approximate surface area is 105 Å². The minimum Gasteiger partial charge on any atom is -0.352 e. The third kappa shape index (κ3) is 2.80. The number of rotatable bonds is 1. The van der Waals surface area contributed by atoms with E-state index >= 15 is 0 Å². The summed E-state index contributed by atoms with van der Waals surface area (Å²) >= 11 is 3.15. The molecule has 0 radical (unpaired) electrons. The molecule has 1 aromatic heterocycles. The van der Waals surface area contributed by atoms with Crippen LogP contribution in [0.1, 0.15) is 12.0 Å². The number of aromatic nitrogens is 1. The standard InChI is InChI=1S/C11H10BrF3N2/c12-9-6-8(11(13,14)15)7-16-10(9)17-4-2-1-3-5-17/h1-2,6-7H,3-5H2. The van der Waals surface area contributed by atoms with E-state index in [9.17, 15) is 13.2 Å². The van der Waals surface area contributed by atoms with E-state index in [4.69, 9.17) is 0 Å². The highest BCUT2D eigenvalue weighted by Crippen LogP contribution is 2.33. The summed E-state index contributed by atoms with van der Waals surface area (Å²) in [6.07, 6.45) is 1.44. The summed E-state index contributed by atoms with van der Waals surface area (Å²) in [5, 5.41) is 0. The Hall–Kier alpha value is -1.04. The molecule has 0 saturated carbocycles. The second-order valence-corrected chi connectivity index (χ2v) is 4.59. The van der Waals surface area contributed by atoms with E-state index in [1.807, 2.05) is 11.0 Å². The molecule has 0 aromatic carbocycles. The highest BCUT2D eigenvalue weighted by atomic mass is 79.9. The van der Waals surface area contributed by atoms with Crippen LogP contribution < -0.4 is 4.90 Å². The number of anilines is 1. The van der Waals surface area contributed by atoms with Crippen LogP contribution in [0.15, 0.2) is 28.9 Å². The number of alkyl halides is 3. The molecule has 0 amide bonds. The van der Waals surface area contributed by atoms with Gasteiger partial charge in [-0.05, 0) is 28.4 Å². The van der Waals surface area contributed by atoms with Crippen molar-refractivity contribution < 1.29 is 13.2 Å². The maximum absolute atomic E-state index is 12.5. The smallest absolute Gasteiger partial charge is 0.352 e. The topological polar surface area (TPSA) is 16.1 Å². The molecule has 6 heteroatoms. The fourth-order valence-corrected chi connectivity index (χ4v) is 2.25. The van der Waals surface area contributed by atoms with Crippen molar-refractivity contribution in [1.29, 1.82) is 0 Å². The van der Waals surface area contributed by atoms with Crippen molar-refractivity contribution in [3.63, 3.8) is 0 Å². The van der Waals surface area contributed by atoms with Gasteiger partial charge in [0.15, 0.2) is 0 Å². The van der Waals surface area contributed by atoms with E-state index in [-0.39, 0.29) is 0 Å². The second kappa shape index (κ2) is 4.68. The SMILES string of the molecule is FC(F)(F)c1cnc(N2CC=CCC2)c(Br)c1. The molecule has 2 nitrogen and oxygen atoms in total. The largest absolute Gasteiger partial charge is 0.417 e. The Morgan fingerprint density at radius 2 is 2.06 bits per heavy atom. The zero-order valence-electron chi connectivity index (χ0n) is 8.84. The molecule has 0 aliphatic carbocycles. The first kappa shape index (κ1) is 12.4. The van der Waals surface area contributed by atoms with Gasteiger partial charge in [0.25, 0.3) is 0 Å². The lowest BCUT2D eigenvalue weighted by molar-refractivity contribution is -0.137. The number of hydrogen-bond acceptors (Lipinski definition) is 2. The normalized spacial score (nSPS) is 16.4. The summed E-state index contributed by atoms with van der Waals surface area (Å²) < 4.78 is 37.7. The van der Waals surface area contributed by atoms with Crippen LogP contribution >= 0.6 is 15.9 Å². The minimum atomic E-state index is -4.35. The van der Waals surface area contributed by atoms with Crippen molar-refractivity contribution in [3.05, 3.63) is 34.5 Å². The Balaban J connectivity index is 2.28. The summed E-state index contributed by atoms with van der Waals surface area (Å²) in [5.41, 5.74) is -0.735. The van der Waals surface area contributed by atoms with Gasteiger partial charge in [-0.25, -0.2) is 4.98 Å². The van der Waals surface area contributed by atoms with E-state index in [0.29, 0.717) is 16.8 Å². The molecule has 0 fully saturated rings. The molecule has 1 aliphatic heterocycles. The Bertz CT molecular complexity index is 443.